The molecule has 0 aromatic heterocycles. The summed E-state index contributed by atoms with van der Waals surface area (Å²) in [5.41, 5.74) is 0. The van der Waals surface area contributed by atoms with Crippen LogP contribution in [0.5, 0.6) is 0 Å². The number of rotatable bonds is 2. The quantitative estimate of drug-likeness (QED) is 0.539. The van der Waals surface area contributed by atoms with Crippen LogP contribution in [-0.4, -0.2) is 28.1 Å². The average Bonchev–Trinajstić information content (AvgIpc) is 2.58. The Balaban J connectivity index is 1.92. The summed E-state index contributed by atoms with van der Waals surface area (Å²) in [7, 11) is 0. The summed E-state index contributed by atoms with van der Waals surface area (Å²) in [6, 6.07) is 0. The van der Waals surface area contributed by atoms with Gasteiger partial charge in [0.25, 0.3) is 0 Å². The fourth-order valence-corrected chi connectivity index (χ4v) is 3.61. The highest BCUT2D eigenvalue weighted by Gasteiger charge is 2.30. The zero-order valence-corrected chi connectivity index (χ0v) is 10.8. The molecule has 2 aliphatic heterocycles. The van der Waals surface area contributed by atoms with Crippen LogP contribution >= 0.6 is 24.0 Å². The normalized spacial score (nSPS) is 30.0. The van der Waals surface area contributed by atoms with Gasteiger partial charge in [-0.2, -0.15) is 0 Å². The Hall–Kier alpha value is -0.0200. The van der Waals surface area contributed by atoms with Gasteiger partial charge in [-0.25, -0.2) is 0 Å². The first-order valence-electron chi connectivity index (χ1n) is 5.82. The lowest BCUT2D eigenvalue weighted by Gasteiger charge is -2.24. The lowest BCUT2D eigenvalue weighted by molar-refractivity contribution is 0.326. The molecule has 0 radical (unpaired) electrons. The molecule has 1 aliphatic carbocycles. The van der Waals surface area contributed by atoms with E-state index in [9.17, 15) is 0 Å². The zero-order valence-electron chi connectivity index (χ0n) is 9.15. The number of thiocarbonyl (C=S) groups is 1. The molecular weight excluding hydrogens is 222 g/mol. The van der Waals surface area contributed by atoms with E-state index in [2.05, 4.69) is 11.5 Å². The van der Waals surface area contributed by atoms with E-state index < -0.39 is 0 Å². The Labute approximate surface area is 102 Å². The summed E-state index contributed by atoms with van der Waals surface area (Å²) in [6.45, 7) is 6.16. The second-order valence-corrected chi connectivity index (χ2v) is 6.31. The van der Waals surface area contributed by atoms with Crippen molar-refractivity contribution in [1.82, 2.24) is 4.90 Å². The van der Waals surface area contributed by atoms with E-state index in [4.69, 9.17) is 12.2 Å². The van der Waals surface area contributed by atoms with Gasteiger partial charge in [-0.1, -0.05) is 30.1 Å². The molecule has 2 heterocycles. The van der Waals surface area contributed by atoms with Crippen molar-refractivity contribution in [2.75, 3.05) is 18.8 Å². The molecule has 0 spiro atoms. The van der Waals surface area contributed by atoms with E-state index in [0.717, 1.165) is 21.9 Å². The predicted octanol–water partition coefficient (Wildman–Crippen LogP) is 3.31. The second kappa shape index (κ2) is 5.35. The lowest BCUT2D eigenvalue weighted by atomic mass is 9.84. The first kappa shape index (κ1) is 11.5. The fraction of sp³-hybridized carbons (Fsp3) is 0.750. The molecule has 0 atom stereocenters. The monoisotopic (exact) mass is 241 g/mol. The minimum absolute atomic E-state index is 0.908. The van der Waals surface area contributed by atoms with Gasteiger partial charge in [0.15, 0.2) is 0 Å². The molecule has 2 bridgehead atoms. The SMILES string of the molecule is C=CCSC(=S)N1CC2CCC(CC2)C1. The van der Waals surface area contributed by atoms with Gasteiger partial charge in [0.1, 0.15) is 4.32 Å². The van der Waals surface area contributed by atoms with E-state index in [1.807, 2.05) is 6.08 Å². The van der Waals surface area contributed by atoms with E-state index >= 15 is 0 Å². The Morgan fingerprint density at radius 1 is 1.27 bits per heavy atom. The number of fused-ring (bicyclic) bond motifs is 4. The summed E-state index contributed by atoms with van der Waals surface area (Å²) in [5, 5.41) is 0. The first-order chi connectivity index (χ1) is 7.29. The zero-order chi connectivity index (χ0) is 10.7. The van der Waals surface area contributed by atoms with Gasteiger partial charge < -0.3 is 4.90 Å². The Morgan fingerprint density at radius 2 is 1.80 bits per heavy atom. The molecule has 3 rings (SSSR count). The maximum atomic E-state index is 5.47. The smallest absolute Gasteiger partial charge is 0.136 e. The van der Waals surface area contributed by atoms with Crippen LogP contribution in [0.2, 0.25) is 0 Å². The van der Waals surface area contributed by atoms with Gasteiger partial charge in [-0.15, -0.1) is 6.58 Å². The van der Waals surface area contributed by atoms with Crippen molar-refractivity contribution in [3.05, 3.63) is 12.7 Å². The van der Waals surface area contributed by atoms with Gasteiger partial charge in [0.2, 0.25) is 0 Å². The van der Waals surface area contributed by atoms with Crippen molar-refractivity contribution >= 4 is 28.3 Å². The molecule has 1 nitrogen and oxygen atoms in total. The molecule has 3 fully saturated rings. The van der Waals surface area contributed by atoms with Crippen LogP contribution in [0.15, 0.2) is 12.7 Å². The third-order valence-electron chi connectivity index (χ3n) is 3.51. The van der Waals surface area contributed by atoms with Crippen molar-refractivity contribution in [3.63, 3.8) is 0 Å². The summed E-state index contributed by atoms with van der Waals surface area (Å²) < 4.78 is 1.09. The van der Waals surface area contributed by atoms with E-state index in [1.165, 1.54) is 38.8 Å². The van der Waals surface area contributed by atoms with Crippen molar-refractivity contribution in [2.45, 2.75) is 25.7 Å². The van der Waals surface area contributed by atoms with Gasteiger partial charge in [0, 0.05) is 18.8 Å². The molecular formula is C12H19NS2. The van der Waals surface area contributed by atoms with Gasteiger partial charge in [-0.05, 0) is 37.5 Å². The average molecular weight is 241 g/mol. The number of thioether (sulfide) groups is 1. The Bertz CT molecular complexity index is 230. The highest BCUT2D eigenvalue weighted by Crippen LogP contribution is 2.34. The van der Waals surface area contributed by atoms with Crippen LogP contribution in [0.25, 0.3) is 0 Å². The van der Waals surface area contributed by atoms with Crippen LogP contribution < -0.4 is 0 Å². The molecule has 3 heteroatoms. The third-order valence-corrected chi connectivity index (χ3v) is 5.03. The maximum absolute atomic E-state index is 5.47. The minimum Gasteiger partial charge on any atom is -0.357 e. The first-order valence-corrected chi connectivity index (χ1v) is 7.21. The lowest BCUT2D eigenvalue weighted by Crippen LogP contribution is -2.31. The van der Waals surface area contributed by atoms with Gasteiger partial charge in [0.05, 0.1) is 0 Å². The largest absolute Gasteiger partial charge is 0.357 e. The minimum atomic E-state index is 0.908. The summed E-state index contributed by atoms with van der Waals surface area (Å²) in [6.07, 6.45) is 7.64. The highest BCUT2D eigenvalue weighted by molar-refractivity contribution is 8.23. The van der Waals surface area contributed by atoms with Crippen LogP contribution in [0.1, 0.15) is 25.7 Å². The van der Waals surface area contributed by atoms with Crippen molar-refractivity contribution in [3.8, 4) is 0 Å². The number of hydrogen-bond donors (Lipinski definition) is 0. The Morgan fingerprint density at radius 3 is 2.27 bits per heavy atom. The topological polar surface area (TPSA) is 3.24 Å². The molecule has 15 heavy (non-hydrogen) atoms. The third kappa shape index (κ3) is 2.97. The van der Waals surface area contributed by atoms with Crippen LogP contribution in [0.3, 0.4) is 0 Å². The van der Waals surface area contributed by atoms with E-state index in [-0.39, 0.29) is 0 Å². The van der Waals surface area contributed by atoms with Crippen LogP contribution in [0.4, 0.5) is 0 Å². The fourth-order valence-electron chi connectivity index (χ4n) is 2.67. The van der Waals surface area contributed by atoms with E-state index in [1.54, 1.807) is 11.8 Å². The highest BCUT2D eigenvalue weighted by atomic mass is 32.2. The number of nitrogens with zero attached hydrogens (tertiary/aromatic N) is 1. The number of hydrogen-bond acceptors (Lipinski definition) is 2. The summed E-state index contributed by atoms with van der Waals surface area (Å²) in [5.74, 6) is 2.77. The maximum Gasteiger partial charge on any atom is 0.136 e. The molecule has 0 N–H and O–H groups in total. The predicted molar refractivity (Wildman–Crippen MR) is 72.3 cm³/mol. The molecule has 1 saturated carbocycles. The second-order valence-electron chi connectivity index (χ2n) is 4.66. The molecule has 0 aromatic rings. The molecule has 84 valence electrons. The van der Waals surface area contributed by atoms with Gasteiger partial charge in [-0.3, -0.25) is 0 Å². The van der Waals surface area contributed by atoms with Crippen molar-refractivity contribution < 1.29 is 0 Å². The standard InChI is InChI=1S/C12H19NS2/c1-2-7-15-12(14)13-8-10-3-4-11(9-13)6-5-10/h2,10-11H,1,3-9H2. The summed E-state index contributed by atoms with van der Waals surface area (Å²) >= 11 is 7.24. The molecule has 0 amide bonds. The molecule has 3 aliphatic rings. The van der Waals surface area contributed by atoms with Gasteiger partial charge >= 0.3 is 0 Å². The molecule has 2 saturated heterocycles. The van der Waals surface area contributed by atoms with Crippen molar-refractivity contribution in [1.29, 1.82) is 0 Å². The van der Waals surface area contributed by atoms with Crippen LogP contribution in [-0.2, 0) is 0 Å². The molecule has 0 aromatic carbocycles. The molecule has 0 unspecified atom stereocenters. The van der Waals surface area contributed by atoms with Crippen LogP contribution in [0, 0.1) is 11.8 Å². The Kier molecular flexibility index (Phi) is 4.09. The van der Waals surface area contributed by atoms with E-state index in [0.29, 0.717) is 0 Å². The van der Waals surface area contributed by atoms with Crippen molar-refractivity contribution in [2.24, 2.45) is 11.8 Å². The summed E-state index contributed by atoms with van der Waals surface area (Å²) in [4.78, 5) is 2.44.